The summed E-state index contributed by atoms with van der Waals surface area (Å²) in [6, 6.07) is 8.79. The summed E-state index contributed by atoms with van der Waals surface area (Å²) in [5, 5.41) is 0. The van der Waals surface area contributed by atoms with Crippen LogP contribution in [0.15, 0.2) is 24.3 Å². The van der Waals surface area contributed by atoms with E-state index in [-0.39, 0.29) is 0 Å². The Hall–Kier alpha value is -0.860. The number of nitrogens with zero attached hydrogens (tertiary/aromatic N) is 1. The lowest BCUT2D eigenvalue weighted by Gasteiger charge is -2.14. The van der Waals surface area contributed by atoms with E-state index in [0.717, 1.165) is 31.5 Å². The summed E-state index contributed by atoms with van der Waals surface area (Å²) < 4.78 is 0. The fraction of sp³-hybridized carbons (Fsp3) is 0.538. The van der Waals surface area contributed by atoms with Gasteiger partial charge >= 0.3 is 0 Å². The van der Waals surface area contributed by atoms with Crippen LogP contribution in [0.4, 0.5) is 0 Å². The Labute approximate surface area is 91.1 Å². The minimum Gasteiger partial charge on any atom is -0.330 e. The molecule has 0 spiro atoms. The zero-order valence-electron chi connectivity index (χ0n) is 9.02. The van der Waals surface area contributed by atoms with Crippen molar-refractivity contribution in [2.75, 3.05) is 13.1 Å². The molecule has 1 aromatic rings. The van der Waals surface area contributed by atoms with Crippen molar-refractivity contribution in [2.24, 2.45) is 17.6 Å². The van der Waals surface area contributed by atoms with E-state index in [1.807, 2.05) is 0 Å². The first-order valence-corrected chi connectivity index (χ1v) is 5.86. The monoisotopic (exact) mass is 202 g/mol. The average molecular weight is 202 g/mol. The van der Waals surface area contributed by atoms with Gasteiger partial charge in [0.05, 0.1) is 0 Å². The van der Waals surface area contributed by atoms with Crippen molar-refractivity contribution in [1.82, 2.24) is 4.90 Å². The lowest BCUT2D eigenvalue weighted by molar-refractivity contribution is 0.267. The van der Waals surface area contributed by atoms with Crippen molar-refractivity contribution in [2.45, 2.75) is 19.5 Å². The summed E-state index contributed by atoms with van der Waals surface area (Å²) in [4.78, 5) is 2.56. The highest BCUT2D eigenvalue weighted by molar-refractivity contribution is 5.30. The van der Waals surface area contributed by atoms with Gasteiger partial charge in [0, 0.05) is 19.6 Å². The molecule has 1 aliphatic carbocycles. The third-order valence-electron chi connectivity index (χ3n) is 3.77. The van der Waals surface area contributed by atoms with Crippen molar-refractivity contribution in [1.29, 1.82) is 0 Å². The molecule has 2 N–H and O–H groups in total. The molecule has 15 heavy (non-hydrogen) atoms. The van der Waals surface area contributed by atoms with E-state index in [4.69, 9.17) is 5.73 Å². The van der Waals surface area contributed by atoms with Crippen LogP contribution in [0.25, 0.3) is 0 Å². The zero-order valence-corrected chi connectivity index (χ0v) is 9.02. The fourth-order valence-corrected chi connectivity index (χ4v) is 2.69. The first-order chi connectivity index (χ1) is 7.36. The summed E-state index contributed by atoms with van der Waals surface area (Å²) in [7, 11) is 0. The van der Waals surface area contributed by atoms with E-state index < -0.39 is 0 Å². The zero-order chi connectivity index (χ0) is 10.3. The van der Waals surface area contributed by atoms with Crippen LogP contribution in [0.1, 0.15) is 17.5 Å². The minimum atomic E-state index is 0.814. The molecule has 2 nitrogen and oxygen atoms in total. The largest absolute Gasteiger partial charge is 0.330 e. The van der Waals surface area contributed by atoms with Crippen molar-refractivity contribution in [3.63, 3.8) is 0 Å². The Morgan fingerprint density at radius 1 is 1.13 bits per heavy atom. The van der Waals surface area contributed by atoms with Gasteiger partial charge in [-0.05, 0) is 35.9 Å². The van der Waals surface area contributed by atoms with E-state index in [2.05, 4.69) is 29.2 Å². The maximum absolute atomic E-state index is 5.66. The maximum atomic E-state index is 5.66. The second-order valence-electron chi connectivity index (χ2n) is 4.93. The van der Waals surface area contributed by atoms with Gasteiger partial charge in [0.25, 0.3) is 0 Å². The molecule has 0 radical (unpaired) electrons. The molecule has 0 bridgehead atoms. The molecule has 0 amide bonds. The van der Waals surface area contributed by atoms with Gasteiger partial charge in [-0.3, -0.25) is 4.90 Å². The van der Waals surface area contributed by atoms with Crippen LogP contribution in [-0.2, 0) is 13.1 Å². The molecule has 0 saturated heterocycles. The van der Waals surface area contributed by atoms with Crippen LogP contribution in [0.3, 0.4) is 0 Å². The van der Waals surface area contributed by atoms with Crippen molar-refractivity contribution >= 4 is 0 Å². The van der Waals surface area contributed by atoms with Crippen LogP contribution in [0.5, 0.6) is 0 Å². The molecular weight excluding hydrogens is 184 g/mol. The number of hydrogen-bond donors (Lipinski definition) is 1. The third-order valence-corrected chi connectivity index (χ3v) is 3.77. The van der Waals surface area contributed by atoms with Gasteiger partial charge < -0.3 is 5.73 Å². The molecule has 2 heteroatoms. The molecule has 0 aromatic heterocycles. The number of rotatable bonds is 3. The molecule has 1 aromatic carbocycles. The molecule has 0 unspecified atom stereocenters. The second-order valence-corrected chi connectivity index (χ2v) is 4.93. The van der Waals surface area contributed by atoms with Gasteiger partial charge in [-0.15, -0.1) is 0 Å². The van der Waals surface area contributed by atoms with E-state index in [1.54, 1.807) is 0 Å². The first kappa shape index (κ1) is 9.37. The molecule has 2 aliphatic rings. The van der Waals surface area contributed by atoms with E-state index in [1.165, 1.54) is 24.1 Å². The Morgan fingerprint density at radius 3 is 2.33 bits per heavy atom. The summed E-state index contributed by atoms with van der Waals surface area (Å²) in [6.07, 6.45) is 1.35. The molecule has 3 rings (SSSR count). The van der Waals surface area contributed by atoms with Crippen LogP contribution < -0.4 is 5.73 Å². The number of nitrogens with two attached hydrogens (primary N) is 1. The van der Waals surface area contributed by atoms with Crippen LogP contribution >= 0.6 is 0 Å². The topological polar surface area (TPSA) is 29.3 Å². The van der Waals surface area contributed by atoms with Gasteiger partial charge in [-0.1, -0.05) is 24.3 Å². The van der Waals surface area contributed by atoms with Gasteiger partial charge in [0.1, 0.15) is 0 Å². The molecule has 2 atom stereocenters. The Kier molecular flexibility index (Phi) is 2.26. The number of benzene rings is 1. The molecule has 1 fully saturated rings. The predicted octanol–water partition coefficient (Wildman–Crippen LogP) is 1.60. The summed E-state index contributed by atoms with van der Waals surface area (Å²) >= 11 is 0. The van der Waals surface area contributed by atoms with Crippen LogP contribution in [0.2, 0.25) is 0 Å². The van der Waals surface area contributed by atoms with E-state index in [0.29, 0.717) is 0 Å². The van der Waals surface area contributed by atoms with E-state index >= 15 is 0 Å². The normalized spacial score (nSPS) is 29.1. The van der Waals surface area contributed by atoms with Crippen molar-refractivity contribution in [3.05, 3.63) is 35.4 Å². The van der Waals surface area contributed by atoms with Gasteiger partial charge in [0.15, 0.2) is 0 Å². The standard InChI is InChI=1S/C13H18N2/c14-6-12-5-13(12)9-15-7-10-3-1-2-4-11(10)8-15/h1-4,12-13H,5-9,14H2/t12-,13+/m1/s1. The lowest BCUT2D eigenvalue weighted by Crippen LogP contribution is -2.20. The van der Waals surface area contributed by atoms with Crippen LogP contribution in [-0.4, -0.2) is 18.0 Å². The Balaban J connectivity index is 1.60. The van der Waals surface area contributed by atoms with E-state index in [9.17, 15) is 0 Å². The molecule has 1 heterocycles. The summed E-state index contributed by atoms with van der Waals surface area (Å²) in [6.45, 7) is 4.41. The highest BCUT2D eigenvalue weighted by Crippen LogP contribution is 2.39. The summed E-state index contributed by atoms with van der Waals surface area (Å²) in [5.74, 6) is 1.69. The second kappa shape index (κ2) is 3.62. The Morgan fingerprint density at radius 2 is 1.80 bits per heavy atom. The number of fused-ring (bicyclic) bond motifs is 1. The predicted molar refractivity (Wildman–Crippen MR) is 61.2 cm³/mol. The summed E-state index contributed by atoms with van der Waals surface area (Å²) in [5.41, 5.74) is 8.70. The van der Waals surface area contributed by atoms with Crippen molar-refractivity contribution in [3.8, 4) is 0 Å². The Bertz CT molecular complexity index is 336. The third kappa shape index (κ3) is 1.80. The first-order valence-electron chi connectivity index (χ1n) is 5.86. The molecule has 1 aliphatic heterocycles. The van der Waals surface area contributed by atoms with Gasteiger partial charge in [-0.25, -0.2) is 0 Å². The molecule has 80 valence electrons. The average Bonchev–Trinajstić information content (AvgIpc) is 2.87. The van der Waals surface area contributed by atoms with Crippen LogP contribution in [0, 0.1) is 11.8 Å². The smallest absolute Gasteiger partial charge is 0.0240 e. The number of hydrogen-bond acceptors (Lipinski definition) is 2. The van der Waals surface area contributed by atoms with Gasteiger partial charge in [-0.2, -0.15) is 0 Å². The SMILES string of the molecule is NC[C@H]1C[C@H]1CN1Cc2ccccc2C1. The molecular formula is C13H18N2. The highest BCUT2D eigenvalue weighted by atomic mass is 15.1. The lowest BCUT2D eigenvalue weighted by atomic mass is 10.1. The highest BCUT2D eigenvalue weighted by Gasteiger charge is 2.37. The molecule has 1 saturated carbocycles. The van der Waals surface area contributed by atoms with Gasteiger partial charge in [0.2, 0.25) is 0 Å². The fourth-order valence-electron chi connectivity index (χ4n) is 2.69. The van der Waals surface area contributed by atoms with Crippen molar-refractivity contribution < 1.29 is 0 Å². The quantitative estimate of drug-likeness (QED) is 0.806. The maximum Gasteiger partial charge on any atom is 0.0240 e. The minimum absolute atomic E-state index is 0.814.